The van der Waals surface area contributed by atoms with E-state index < -0.39 is 0 Å². The van der Waals surface area contributed by atoms with E-state index in [0.29, 0.717) is 6.04 Å². The Kier molecular flexibility index (Phi) is 22.2. The van der Waals surface area contributed by atoms with Crippen molar-refractivity contribution in [3.63, 3.8) is 0 Å². The number of nitrogens with one attached hydrogen (secondary N) is 1. The first-order valence-corrected chi connectivity index (χ1v) is 6.25. The average molecular weight is 218 g/mol. The first-order chi connectivity index (χ1) is 6.93. The first-order valence-electron chi connectivity index (χ1n) is 6.25. The van der Waals surface area contributed by atoms with E-state index in [1.165, 1.54) is 6.42 Å². The van der Waals surface area contributed by atoms with Crippen molar-refractivity contribution in [3.05, 3.63) is 0 Å². The zero-order chi connectivity index (χ0) is 12.9. The molecule has 0 unspecified atom stereocenters. The number of nitrogens with zero attached hydrogens (tertiary/aromatic N) is 1. The molecule has 2 heteroatoms. The molecule has 0 rings (SSSR count). The standard InChI is InChI=1S/C6H16N2.C5H12.C2H6/c1-6(7-2)5-8(3)4;1-4-5(2)3;1-2/h6-7H,5H2,1-4H3;5H,4H2,1-3H3;1-2H3/t6-;;/m1../s1. The smallest absolute Gasteiger partial charge is 0.0163 e. The molecule has 96 valence electrons. The van der Waals surface area contributed by atoms with Crippen LogP contribution < -0.4 is 5.32 Å². The molecule has 0 aliphatic heterocycles. The van der Waals surface area contributed by atoms with Crippen LogP contribution in [0.2, 0.25) is 0 Å². The van der Waals surface area contributed by atoms with Crippen LogP contribution in [-0.2, 0) is 0 Å². The van der Waals surface area contributed by atoms with Gasteiger partial charge in [0.05, 0.1) is 0 Å². The summed E-state index contributed by atoms with van der Waals surface area (Å²) in [4.78, 5) is 2.17. The Balaban J connectivity index is -0.000000177. The van der Waals surface area contributed by atoms with Crippen LogP contribution in [0.5, 0.6) is 0 Å². The molecule has 0 heterocycles. The minimum atomic E-state index is 0.602. The largest absolute Gasteiger partial charge is 0.316 e. The van der Waals surface area contributed by atoms with Gasteiger partial charge < -0.3 is 10.2 Å². The van der Waals surface area contributed by atoms with Crippen LogP contribution in [-0.4, -0.2) is 38.6 Å². The van der Waals surface area contributed by atoms with E-state index in [1.807, 2.05) is 20.9 Å². The number of likely N-dealkylation sites (N-methyl/N-ethyl adjacent to an activating group) is 2. The van der Waals surface area contributed by atoms with Crippen molar-refractivity contribution in [2.24, 2.45) is 5.92 Å². The highest BCUT2D eigenvalue weighted by atomic mass is 15.1. The van der Waals surface area contributed by atoms with E-state index in [0.717, 1.165) is 12.5 Å². The second-order valence-corrected chi connectivity index (χ2v) is 4.25. The molecule has 1 N–H and O–H groups in total. The zero-order valence-corrected chi connectivity index (χ0v) is 12.5. The molecule has 0 amide bonds. The molecule has 15 heavy (non-hydrogen) atoms. The minimum Gasteiger partial charge on any atom is -0.316 e. The maximum absolute atomic E-state index is 3.15. The second-order valence-electron chi connectivity index (χ2n) is 4.25. The summed E-state index contributed by atoms with van der Waals surface area (Å²) >= 11 is 0. The molecule has 2 nitrogen and oxygen atoms in total. The summed E-state index contributed by atoms with van der Waals surface area (Å²) in [5.74, 6) is 0.884. The van der Waals surface area contributed by atoms with Crippen LogP contribution in [0.3, 0.4) is 0 Å². The third kappa shape index (κ3) is 31.5. The van der Waals surface area contributed by atoms with Crippen molar-refractivity contribution >= 4 is 0 Å². The van der Waals surface area contributed by atoms with Crippen molar-refractivity contribution in [2.45, 2.75) is 54.0 Å². The summed E-state index contributed by atoms with van der Waals surface area (Å²) in [6.07, 6.45) is 1.31. The quantitative estimate of drug-likeness (QED) is 0.779. The van der Waals surface area contributed by atoms with Crippen LogP contribution >= 0.6 is 0 Å². The third-order valence-electron chi connectivity index (χ3n) is 1.95. The lowest BCUT2D eigenvalue weighted by molar-refractivity contribution is 0.360. The average Bonchev–Trinajstić information content (AvgIpc) is 2.20. The van der Waals surface area contributed by atoms with Gasteiger partial charge in [-0.3, -0.25) is 0 Å². The van der Waals surface area contributed by atoms with Gasteiger partial charge in [-0.2, -0.15) is 0 Å². The predicted octanol–water partition coefficient (Wildman–Crippen LogP) is 3.23. The molecular formula is C13H34N2. The Labute approximate surface area is 98.4 Å². The fourth-order valence-corrected chi connectivity index (χ4v) is 0.639. The number of hydrogen-bond donors (Lipinski definition) is 1. The van der Waals surface area contributed by atoms with Gasteiger partial charge in [0.1, 0.15) is 0 Å². The van der Waals surface area contributed by atoms with E-state index >= 15 is 0 Å². The second kappa shape index (κ2) is 16.4. The van der Waals surface area contributed by atoms with Crippen LogP contribution in [0.4, 0.5) is 0 Å². The Morgan fingerprint density at radius 1 is 1.07 bits per heavy atom. The minimum absolute atomic E-state index is 0.602. The fraction of sp³-hybridized carbons (Fsp3) is 1.00. The molecule has 0 radical (unpaired) electrons. The summed E-state index contributed by atoms with van der Waals surface area (Å²) < 4.78 is 0. The maximum atomic E-state index is 3.15. The van der Waals surface area contributed by atoms with Crippen molar-refractivity contribution in [1.82, 2.24) is 10.2 Å². The Bertz CT molecular complexity index is 90.5. The third-order valence-corrected chi connectivity index (χ3v) is 1.95. The molecule has 1 atom stereocenters. The maximum Gasteiger partial charge on any atom is 0.0163 e. The van der Waals surface area contributed by atoms with Crippen molar-refractivity contribution < 1.29 is 0 Å². The first kappa shape index (κ1) is 20.3. The Morgan fingerprint density at radius 2 is 1.40 bits per heavy atom. The lowest BCUT2D eigenvalue weighted by Gasteiger charge is -2.15. The highest BCUT2D eigenvalue weighted by Crippen LogP contribution is 1.93. The van der Waals surface area contributed by atoms with Crippen LogP contribution in [0.15, 0.2) is 0 Å². The molecule has 0 saturated carbocycles. The van der Waals surface area contributed by atoms with Crippen LogP contribution in [0, 0.1) is 5.92 Å². The molecule has 0 aromatic rings. The van der Waals surface area contributed by atoms with Gasteiger partial charge in [-0.25, -0.2) is 0 Å². The van der Waals surface area contributed by atoms with Gasteiger partial charge in [0.15, 0.2) is 0 Å². The summed E-state index contributed by atoms with van der Waals surface area (Å²) in [7, 11) is 6.13. The number of hydrogen-bond acceptors (Lipinski definition) is 2. The molecule has 0 saturated heterocycles. The normalized spacial score (nSPS) is 11.4. The molecule has 0 aliphatic rings. The predicted molar refractivity (Wildman–Crippen MR) is 73.6 cm³/mol. The van der Waals surface area contributed by atoms with Crippen LogP contribution in [0.1, 0.15) is 48.0 Å². The van der Waals surface area contributed by atoms with Gasteiger partial charge in [-0.1, -0.05) is 41.0 Å². The molecule has 0 aromatic carbocycles. The van der Waals surface area contributed by atoms with Gasteiger partial charge in [0, 0.05) is 12.6 Å². The zero-order valence-electron chi connectivity index (χ0n) is 12.5. The fourth-order valence-electron chi connectivity index (χ4n) is 0.639. The topological polar surface area (TPSA) is 15.3 Å². The molecule has 0 bridgehead atoms. The molecule has 0 spiro atoms. The Hall–Kier alpha value is -0.0800. The van der Waals surface area contributed by atoms with Gasteiger partial charge in [0.2, 0.25) is 0 Å². The Morgan fingerprint density at radius 3 is 1.47 bits per heavy atom. The van der Waals surface area contributed by atoms with Gasteiger partial charge in [-0.05, 0) is 34.0 Å². The summed E-state index contributed by atoms with van der Waals surface area (Å²) in [6.45, 7) is 13.9. The molecule has 0 fully saturated rings. The summed E-state index contributed by atoms with van der Waals surface area (Å²) in [5, 5.41) is 3.15. The van der Waals surface area contributed by atoms with Crippen molar-refractivity contribution in [3.8, 4) is 0 Å². The molecule has 0 aliphatic carbocycles. The van der Waals surface area contributed by atoms with E-state index in [-0.39, 0.29) is 0 Å². The highest BCUT2D eigenvalue weighted by Gasteiger charge is 1.96. The molecular weight excluding hydrogens is 184 g/mol. The summed E-state index contributed by atoms with van der Waals surface area (Å²) in [6, 6.07) is 0.602. The highest BCUT2D eigenvalue weighted by molar-refractivity contribution is 4.58. The van der Waals surface area contributed by atoms with E-state index in [4.69, 9.17) is 0 Å². The SMILES string of the molecule is CC.CCC(C)C.CN[C@H](C)CN(C)C. The van der Waals surface area contributed by atoms with E-state index in [1.54, 1.807) is 0 Å². The monoisotopic (exact) mass is 218 g/mol. The van der Waals surface area contributed by atoms with Crippen LogP contribution in [0.25, 0.3) is 0 Å². The lowest BCUT2D eigenvalue weighted by Crippen LogP contribution is -2.33. The van der Waals surface area contributed by atoms with Crippen molar-refractivity contribution in [1.29, 1.82) is 0 Å². The van der Waals surface area contributed by atoms with Crippen molar-refractivity contribution in [2.75, 3.05) is 27.7 Å². The number of rotatable bonds is 4. The lowest BCUT2D eigenvalue weighted by atomic mass is 10.2. The van der Waals surface area contributed by atoms with Gasteiger partial charge in [-0.15, -0.1) is 0 Å². The summed E-state index contributed by atoms with van der Waals surface area (Å²) in [5.41, 5.74) is 0. The van der Waals surface area contributed by atoms with Gasteiger partial charge >= 0.3 is 0 Å². The van der Waals surface area contributed by atoms with E-state index in [9.17, 15) is 0 Å². The molecule has 0 aromatic heterocycles. The van der Waals surface area contributed by atoms with E-state index in [2.05, 4.69) is 52.0 Å². The van der Waals surface area contributed by atoms with Gasteiger partial charge in [0.25, 0.3) is 0 Å².